The Kier molecular flexibility index (Phi) is 3.12. The Morgan fingerprint density at radius 1 is 1.10 bits per heavy atom. The van der Waals surface area contributed by atoms with E-state index in [1.54, 1.807) is 0 Å². The smallest absolute Gasteiger partial charge is 0.182 e. The number of aromatic amines is 1. The first-order valence-corrected chi connectivity index (χ1v) is 8.04. The highest BCUT2D eigenvalue weighted by molar-refractivity contribution is 7.71. The number of hydrogen-bond donors (Lipinski definition) is 1. The maximum absolute atomic E-state index is 6.17. The van der Waals surface area contributed by atoms with Crippen LogP contribution < -0.4 is 0 Å². The van der Waals surface area contributed by atoms with Gasteiger partial charge in [-0.05, 0) is 73.3 Å². The molecule has 0 fully saturated rings. The lowest BCUT2D eigenvalue weighted by molar-refractivity contribution is 0.681. The zero-order valence-electron chi connectivity index (χ0n) is 11.5. The molecular formula is C17H15ClN2S. The van der Waals surface area contributed by atoms with Crippen molar-refractivity contribution in [2.24, 2.45) is 0 Å². The Balaban J connectivity index is 2.05. The summed E-state index contributed by atoms with van der Waals surface area (Å²) in [6.45, 7) is 0. The second kappa shape index (κ2) is 5.00. The SMILES string of the molecule is S=c1[nH]c2ccc(Cl)cc2n1-c1cccc2c1CCCC2. The zero-order valence-corrected chi connectivity index (χ0v) is 13.1. The van der Waals surface area contributed by atoms with Gasteiger partial charge >= 0.3 is 0 Å². The van der Waals surface area contributed by atoms with Gasteiger partial charge in [-0.15, -0.1) is 0 Å². The van der Waals surface area contributed by atoms with Gasteiger partial charge in [-0.3, -0.25) is 4.57 Å². The highest BCUT2D eigenvalue weighted by Crippen LogP contribution is 2.30. The third-order valence-corrected chi connectivity index (χ3v) is 4.78. The summed E-state index contributed by atoms with van der Waals surface area (Å²) in [5, 5.41) is 0.732. The lowest BCUT2D eigenvalue weighted by atomic mass is 9.90. The van der Waals surface area contributed by atoms with Crippen molar-refractivity contribution in [1.82, 2.24) is 9.55 Å². The molecule has 1 heterocycles. The van der Waals surface area contributed by atoms with Crippen molar-refractivity contribution < 1.29 is 0 Å². The molecule has 21 heavy (non-hydrogen) atoms. The Bertz CT molecular complexity index is 891. The summed E-state index contributed by atoms with van der Waals surface area (Å²) >= 11 is 11.7. The minimum absolute atomic E-state index is 0.728. The molecule has 0 atom stereocenters. The summed E-state index contributed by atoms with van der Waals surface area (Å²) in [6, 6.07) is 12.4. The maximum Gasteiger partial charge on any atom is 0.182 e. The Morgan fingerprint density at radius 2 is 1.95 bits per heavy atom. The van der Waals surface area contributed by atoms with E-state index in [0.717, 1.165) is 27.2 Å². The molecule has 0 unspecified atom stereocenters. The van der Waals surface area contributed by atoms with E-state index in [2.05, 4.69) is 27.8 Å². The number of aromatic nitrogens is 2. The molecule has 0 amide bonds. The van der Waals surface area contributed by atoms with E-state index in [9.17, 15) is 0 Å². The van der Waals surface area contributed by atoms with Crippen LogP contribution in [-0.2, 0) is 12.8 Å². The van der Waals surface area contributed by atoms with Crippen molar-refractivity contribution in [3.8, 4) is 5.69 Å². The minimum atomic E-state index is 0.728. The quantitative estimate of drug-likeness (QED) is 0.611. The van der Waals surface area contributed by atoms with Gasteiger partial charge in [0.2, 0.25) is 0 Å². The van der Waals surface area contributed by atoms with Crippen LogP contribution in [0.25, 0.3) is 16.7 Å². The lowest BCUT2D eigenvalue weighted by Crippen LogP contribution is -2.08. The number of nitrogens with one attached hydrogen (secondary N) is 1. The first-order valence-electron chi connectivity index (χ1n) is 7.25. The van der Waals surface area contributed by atoms with E-state index in [0.29, 0.717) is 0 Å². The molecule has 4 rings (SSSR count). The molecule has 0 saturated carbocycles. The van der Waals surface area contributed by atoms with Gasteiger partial charge in [-0.1, -0.05) is 23.7 Å². The molecular weight excluding hydrogens is 300 g/mol. The van der Waals surface area contributed by atoms with Crippen LogP contribution in [0.3, 0.4) is 0 Å². The van der Waals surface area contributed by atoms with Crippen LogP contribution in [0.15, 0.2) is 36.4 Å². The van der Waals surface area contributed by atoms with Gasteiger partial charge in [-0.25, -0.2) is 0 Å². The molecule has 0 radical (unpaired) electrons. The largest absolute Gasteiger partial charge is 0.330 e. The summed E-state index contributed by atoms with van der Waals surface area (Å²) in [4.78, 5) is 3.28. The molecule has 106 valence electrons. The monoisotopic (exact) mass is 314 g/mol. The fraction of sp³-hybridized carbons (Fsp3) is 0.235. The maximum atomic E-state index is 6.17. The predicted octanol–water partition coefficient (Wildman–Crippen LogP) is 5.22. The molecule has 1 aromatic heterocycles. The number of nitrogens with zero attached hydrogens (tertiary/aromatic N) is 1. The third-order valence-electron chi connectivity index (χ3n) is 4.26. The van der Waals surface area contributed by atoms with Gasteiger partial charge in [0.25, 0.3) is 0 Å². The normalized spacial score (nSPS) is 14.3. The first kappa shape index (κ1) is 13.1. The Hall–Kier alpha value is -1.58. The highest BCUT2D eigenvalue weighted by Gasteiger charge is 2.16. The molecule has 3 aromatic rings. The molecule has 4 heteroatoms. The second-order valence-electron chi connectivity index (χ2n) is 5.55. The first-order chi connectivity index (χ1) is 10.2. The lowest BCUT2D eigenvalue weighted by Gasteiger charge is -2.20. The summed E-state index contributed by atoms with van der Waals surface area (Å²) in [7, 11) is 0. The van der Waals surface area contributed by atoms with Crippen LogP contribution in [0.1, 0.15) is 24.0 Å². The third kappa shape index (κ3) is 2.12. The molecule has 0 spiro atoms. The zero-order chi connectivity index (χ0) is 14.4. The molecule has 2 nitrogen and oxygen atoms in total. The van der Waals surface area contributed by atoms with Crippen molar-refractivity contribution >= 4 is 34.9 Å². The van der Waals surface area contributed by atoms with E-state index in [1.165, 1.54) is 36.1 Å². The molecule has 1 aliphatic carbocycles. The van der Waals surface area contributed by atoms with Crippen LogP contribution >= 0.6 is 23.8 Å². The number of hydrogen-bond acceptors (Lipinski definition) is 1. The van der Waals surface area contributed by atoms with Crippen molar-refractivity contribution in [3.63, 3.8) is 0 Å². The Labute approximate surface area is 133 Å². The minimum Gasteiger partial charge on any atom is -0.330 e. The van der Waals surface area contributed by atoms with Gasteiger partial charge in [0.15, 0.2) is 4.77 Å². The summed E-state index contributed by atoms with van der Waals surface area (Å²) in [5.41, 5.74) is 6.16. The summed E-state index contributed by atoms with van der Waals surface area (Å²) < 4.78 is 2.85. The fourth-order valence-corrected chi connectivity index (χ4v) is 3.76. The average Bonchev–Trinajstić information content (AvgIpc) is 2.82. The van der Waals surface area contributed by atoms with Crippen molar-refractivity contribution in [1.29, 1.82) is 0 Å². The van der Waals surface area contributed by atoms with E-state index in [4.69, 9.17) is 23.8 Å². The van der Waals surface area contributed by atoms with Crippen LogP contribution in [0.4, 0.5) is 0 Å². The standard InChI is InChI=1S/C17H15ClN2S/c18-12-8-9-14-16(10-12)20(17(21)19-14)15-7-3-5-11-4-1-2-6-13(11)15/h3,5,7-10H,1-2,4,6H2,(H,19,21). The molecule has 0 aliphatic heterocycles. The molecule has 0 bridgehead atoms. The summed E-state index contributed by atoms with van der Waals surface area (Å²) in [6.07, 6.45) is 4.82. The molecule has 2 aromatic carbocycles. The van der Waals surface area contributed by atoms with Gasteiger partial charge in [0, 0.05) is 5.02 Å². The highest BCUT2D eigenvalue weighted by atomic mass is 35.5. The van der Waals surface area contributed by atoms with E-state index < -0.39 is 0 Å². The van der Waals surface area contributed by atoms with Gasteiger partial charge in [0.1, 0.15) is 0 Å². The van der Waals surface area contributed by atoms with Crippen molar-refractivity contribution in [2.45, 2.75) is 25.7 Å². The van der Waals surface area contributed by atoms with Crippen LogP contribution in [-0.4, -0.2) is 9.55 Å². The van der Waals surface area contributed by atoms with Crippen molar-refractivity contribution in [2.75, 3.05) is 0 Å². The number of rotatable bonds is 1. The van der Waals surface area contributed by atoms with Gasteiger partial charge in [0.05, 0.1) is 16.7 Å². The number of halogens is 1. The molecule has 1 N–H and O–H groups in total. The number of imidazole rings is 1. The molecule has 1 aliphatic rings. The number of fused-ring (bicyclic) bond motifs is 2. The number of H-pyrrole nitrogens is 1. The van der Waals surface area contributed by atoms with Crippen molar-refractivity contribution in [3.05, 3.63) is 57.3 Å². The predicted molar refractivity (Wildman–Crippen MR) is 90.1 cm³/mol. The van der Waals surface area contributed by atoms with Crippen LogP contribution in [0.5, 0.6) is 0 Å². The van der Waals surface area contributed by atoms with Gasteiger partial charge in [-0.2, -0.15) is 0 Å². The van der Waals surface area contributed by atoms with Crippen LogP contribution in [0, 0.1) is 4.77 Å². The molecule has 0 saturated heterocycles. The van der Waals surface area contributed by atoms with E-state index >= 15 is 0 Å². The van der Waals surface area contributed by atoms with E-state index in [-0.39, 0.29) is 0 Å². The topological polar surface area (TPSA) is 20.7 Å². The Morgan fingerprint density at radius 3 is 2.86 bits per heavy atom. The number of aryl methyl sites for hydroxylation is 1. The fourth-order valence-electron chi connectivity index (χ4n) is 3.29. The average molecular weight is 315 g/mol. The van der Waals surface area contributed by atoms with Gasteiger partial charge < -0.3 is 4.98 Å². The second-order valence-corrected chi connectivity index (χ2v) is 6.37. The summed E-state index contributed by atoms with van der Waals surface area (Å²) in [5.74, 6) is 0. The van der Waals surface area contributed by atoms with Crippen LogP contribution in [0.2, 0.25) is 5.02 Å². The van der Waals surface area contributed by atoms with E-state index in [1.807, 2.05) is 18.2 Å². The number of benzene rings is 2.